The Bertz CT molecular complexity index is 347. The topological polar surface area (TPSA) is 29.5 Å². The summed E-state index contributed by atoms with van der Waals surface area (Å²) in [6.07, 6.45) is 2.96. The van der Waals surface area contributed by atoms with E-state index in [4.69, 9.17) is 16.3 Å². The van der Waals surface area contributed by atoms with Gasteiger partial charge in [-0.1, -0.05) is 18.0 Å². The number of aliphatic hydroxyl groups is 1. The molecule has 0 bridgehead atoms. The van der Waals surface area contributed by atoms with Crippen LogP contribution in [-0.2, 0) is 0 Å². The second kappa shape index (κ2) is 4.42. The fourth-order valence-corrected chi connectivity index (χ4v) is 2.13. The van der Waals surface area contributed by atoms with Crippen LogP contribution in [-0.4, -0.2) is 12.2 Å². The largest absolute Gasteiger partial charge is 0.496 e. The Hall–Kier alpha value is -0.730. The van der Waals surface area contributed by atoms with E-state index in [2.05, 4.69) is 0 Å². The molecule has 82 valence electrons. The average Bonchev–Trinajstić information content (AvgIpc) is 2.15. The van der Waals surface area contributed by atoms with Crippen molar-refractivity contribution in [2.24, 2.45) is 5.92 Å². The lowest BCUT2D eigenvalue weighted by atomic mass is 9.78. The highest BCUT2D eigenvalue weighted by Gasteiger charge is 2.28. The van der Waals surface area contributed by atoms with Crippen LogP contribution in [0.15, 0.2) is 18.2 Å². The highest BCUT2D eigenvalue weighted by Crippen LogP contribution is 2.41. The zero-order chi connectivity index (χ0) is 10.8. The first kappa shape index (κ1) is 10.8. The van der Waals surface area contributed by atoms with Gasteiger partial charge >= 0.3 is 0 Å². The molecule has 1 atom stereocenters. The molecule has 1 aromatic carbocycles. The van der Waals surface area contributed by atoms with Crippen LogP contribution in [0.3, 0.4) is 0 Å². The molecule has 15 heavy (non-hydrogen) atoms. The average molecular weight is 227 g/mol. The van der Waals surface area contributed by atoms with Crippen molar-refractivity contribution >= 4 is 11.6 Å². The third-order valence-corrected chi connectivity index (χ3v) is 3.34. The van der Waals surface area contributed by atoms with Crippen LogP contribution in [0, 0.1) is 5.92 Å². The van der Waals surface area contributed by atoms with Crippen molar-refractivity contribution in [3.05, 3.63) is 28.8 Å². The van der Waals surface area contributed by atoms with Gasteiger partial charge in [0.25, 0.3) is 0 Å². The molecule has 3 heteroatoms. The van der Waals surface area contributed by atoms with E-state index >= 15 is 0 Å². The minimum Gasteiger partial charge on any atom is -0.496 e. The first-order chi connectivity index (χ1) is 7.22. The molecule has 2 rings (SSSR count). The molecule has 2 nitrogen and oxygen atoms in total. The molecular formula is C12H15ClO2. The second-order valence-corrected chi connectivity index (χ2v) is 4.46. The van der Waals surface area contributed by atoms with E-state index in [-0.39, 0.29) is 0 Å². The van der Waals surface area contributed by atoms with E-state index in [0.29, 0.717) is 10.9 Å². The second-order valence-electron chi connectivity index (χ2n) is 4.02. The SMILES string of the molecule is COc1ccc(Cl)cc1C(O)C1CCC1. The van der Waals surface area contributed by atoms with E-state index in [9.17, 15) is 5.11 Å². The number of hydrogen-bond acceptors (Lipinski definition) is 2. The molecule has 0 heterocycles. The Morgan fingerprint density at radius 3 is 2.73 bits per heavy atom. The number of methoxy groups -OCH3 is 1. The van der Waals surface area contributed by atoms with Gasteiger partial charge in [0.05, 0.1) is 13.2 Å². The fraction of sp³-hybridized carbons (Fsp3) is 0.500. The van der Waals surface area contributed by atoms with Gasteiger partial charge in [-0.15, -0.1) is 0 Å². The third-order valence-electron chi connectivity index (χ3n) is 3.11. The number of rotatable bonds is 3. The molecule has 0 saturated heterocycles. The summed E-state index contributed by atoms with van der Waals surface area (Å²) in [4.78, 5) is 0. The maximum absolute atomic E-state index is 10.1. The van der Waals surface area contributed by atoms with Gasteiger partial charge in [0, 0.05) is 10.6 Å². The van der Waals surface area contributed by atoms with E-state index in [1.54, 1.807) is 25.3 Å². The standard InChI is InChI=1S/C12H15ClO2/c1-15-11-6-5-9(13)7-10(11)12(14)8-3-2-4-8/h5-8,12,14H,2-4H2,1H3. The molecule has 0 aromatic heterocycles. The fourth-order valence-electron chi connectivity index (χ4n) is 1.95. The first-order valence-electron chi connectivity index (χ1n) is 5.24. The highest BCUT2D eigenvalue weighted by atomic mass is 35.5. The number of halogens is 1. The molecule has 1 saturated carbocycles. The Labute approximate surface area is 94.8 Å². The van der Waals surface area contributed by atoms with Gasteiger partial charge < -0.3 is 9.84 Å². The normalized spacial score (nSPS) is 18.3. The maximum atomic E-state index is 10.1. The van der Waals surface area contributed by atoms with Crippen LogP contribution in [0.5, 0.6) is 5.75 Å². The Kier molecular flexibility index (Phi) is 3.17. The molecule has 1 aliphatic rings. The van der Waals surface area contributed by atoms with Crippen LogP contribution in [0.4, 0.5) is 0 Å². The van der Waals surface area contributed by atoms with Gasteiger partial charge in [0.2, 0.25) is 0 Å². The van der Waals surface area contributed by atoms with E-state index in [1.807, 2.05) is 0 Å². The van der Waals surface area contributed by atoms with Crippen molar-refractivity contribution in [3.8, 4) is 5.75 Å². The number of benzene rings is 1. The van der Waals surface area contributed by atoms with Gasteiger partial charge in [-0.3, -0.25) is 0 Å². The van der Waals surface area contributed by atoms with Gasteiger partial charge in [0.1, 0.15) is 5.75 Å². The lowest BCUT2D eigenvalue weighted by molar-refractivity contribution is 0.0601. The summed E-state index contributed by atoms with van der Waals surface area (Å²) in [5.41, 5.74) is 0.815. The minimum atomic E-state index is -0.438. The zero-order valence-electron chi connectivity index (χ0n) is 8.74. The van der Waals surface area contributed by atoms with E-state index in [1.165, 1.54) is 6.42 Å². The van der Waals surface area contributed by atoms with Crippen LogP contribution < -0.4 is 4.74 Å². The molecule has 0 spiro atoms. The summed E-state index contributed by atoms with van der Waals surface area (Å²) in [5, 5.41) is 10.8. The van der Waals surface area contributed by atoms with Crippen LogP contribution >= 0.6 is 11.6 Å². The van der Waals surface area contributed by atoms with Crippen LogP contribution in [0.1, 0.15) is 30.9 Å². The third kappa shape index (κ3) is 2.11. The Balaban J connectivity index is 2.27. The number of ether oxygens (including phenoxy) is 1. The van der Waals surface area contributed by atoms with E-state index < -0.39 is 6.10 Å². The summed E-state index contributed by atoms with van der Waals surface area (Å²) in [6, 6.07) is 5.38. The smallest absolute Gasteiger partial charge is 0.124 e. The number of hydrogen-bond donors (Lipinski definition) is 1. The molecule has 1 aliphatic carbocycles. The summed E-state index contributed by atoms with van der Waals surface area (Å²) in [6.45, 7) is 0. The van der Waals surface area contributed by atoms with Gasteiger partial charge in [-0.05, 0) is 37.0 Å². The number of aliphatic hydroxyl groups excluding tert-OH is 1. The molecular weight excluding hydrogens is 212 g/mol. The highest BCUT2D eigenvalue weighted by molar-refractivity contribution is 6.30. The molecule has 1 fully saturated rings. The van der Waals surface area contributed by atoms with E-state index in [0.717, 1.165) is 24.2 Å². The minimum absolute atomic E-state index is 0.373. The van der Waals surface area contributed by atoms with Crippen molar-refractivity contribution in [2.45, 2.75) is 25.4 Å². The summed E-state index contributed by atoms with van der Waals surface area (Å²) in [5.74, 6) is 1.09. The Morgan fingerprint density at radius 1 is 1.47 bits per heavy atom. The quantitative estimate of drug-likeness (QED) is 0.858. The van der Waals surface area contributed by atoms with Crippen molar-refractivity contribution in [1.82, 2.24) is 0 Å². The van der Waals surface area contributed by atoms with Crippen molar-refractivity contribution < 1.29 is 9.84 Å². The molecule has 1 N–H and O–H groups in total. The molecule has 0 amide bonds. The van der Waals surface area contributed by atoms with Crippen molar-refractivity contribution in [1.29, 1.82) is 0 Å². The Morgan fingerprint density at radius 2 is 2.20 bits per heavy atom. The summed E-state index contributed by atoms with van der Waals surface area (Å²) in [7, 11) is 1.61. The van der Waals surface area contributed by atoms with Gasteiger partial charge in [0.15, 0.2) is 0 Å². The molecule has 0 aliphatic heterocycles. The van der Waals surface area contributed by atoms with Crippen LogP contribution in [0.25, 0.3) is 0 Å². The molecule has 0 radical (unpaired) electrons. The predicted octanol–water partition coefficient (Wildman–Crippen LogP) is 3.18. The monoisotopic (exact) mass is 226 g/mol. The van der Waals surface area contributed by atoms with Crippen molar-refractivity contribution in [3.63, 3.8) is 0 Å². The van der Waals surface area contributed by atoms with Crippen LogP contribution in [0.2, 0.25) is 5.02 Å². The van der Waals surface area contributed by atoms with Gasteiger partial charge in [-0.2, -0.15) is 0 Å². The lowest BCUT2D eigenvalue weighted by Gasteiger charge is -2.31. The molecule has 1 aromatic rings. The zero-order valence-corrected chi connectivity index (χ0v) is 9.50. The molecule has 1 unspecified atom stereocenters. The summed E-state index contributed by atoms with van der Waals surface area (Å²) < 4.78 is 5.22. The van der Waals surface area contributed by atoms with Crippen molar-refractivity contribution in [2.75, 3.05) is 7.11 Å². The summed E-state index contributed by atoms with van der Waals surface area (Å²) >= 11 is 5.92. The first-order valence-corrected chi connectivity index (χ1v) is 5.61. The maximum Gasteiger partial charge on any atom is 0.124 e. The lowest BCUT2D eigenvalue weighted by Crippen LogP contribution is -2.20. The predicted molar refractivity (Wildman–Crippen MR) is 60.3 cm³/mol. The van der Waals surface area contributed by atoms with Gasteiger partial charge in [-0.25, -0.2) is 0 Å².